The highest BCUT2D eigenvalue weighted by Crippen LogP contribution is 2.31. The van der Waals surface area contributed by atoms with Crippen LogP contribution in [-0.4, -0.2) is 43.8 Å². The van der Waals surface area contributed by atoms with Crippen LogP contribution < -0.4 is 15.4 Å². The number of ether oxygens (including phenoxy) is 1. The van der Waals surface area contributed by atoms with Gasteiger partial charge in [0.25, 0.3) is 0 Å². The van der Waals surface area contributed by atoms with Crippen molar-refractivity contribution < 1.29 is 4.74 Å². The zero-order valence-electron chi connectivity index (χ0n) is 12.2. The lowest BCUT2D eigenvalue weighted by Crippen LogP contribution is -2.40. The minimum Gasteiger partial charge on any atom is -0.496 e. The van der Waals surface area contributed by atoms with Gasteiger partial charge in [0.05, 0.1) is 13.2 Å². The summed E-state index contributed by atoms with van der Waals surface area (Å²) in [7, 11) is 3.56. The van der Waals surface area contributed by atoms with Crippen LogP contribution in [-0.2, 0) is 0 Å². The first-order valence-electron chi connectivity index (χ1n) is 7.08. The van der Waals surface area contributed by atoms with E-state index in [4.69, 9.17) is 17.0 Å². The summed E-state index contributed by atoms with van der Waals surface area (Å²) >= 11 is 5.19. The third kappa shape index (κ3) is 3.61. The largest absolute Gasteiger partial charge is 0.496 e. The molecule has 1 aromatic carbocycles. The summed E-state index contributed by atoms with van der Waals surface area (Å²) < 4.78 is 5.52. The number of para-hydroxylation sites is 1. The van der Waals surface area contributed by atoms with Crippen LogP contribution in [0.5, 0.6) is 5.75 Å². The van der Waals surface area contributed by atoms with Crippen LogP contribution in [0.4, 0.5) is 0 Å². The van der Waals surface area contributed by atoms with Crippen LogP contribution in [0.2, 0.25) is 0 Å². The second kappa shape index (κ2) is 7.45. The Labute approximate surface area is 126 Å². The van der Waals surface area contributed by atoms with Gasteiger partial charge in [-0.05, 0) is 44.2 Å². The van der Waals surface area contributed by atoms with E-state index in [2.05, 4.69) is 27.7 Å². The second-order valence-corrected chi connectivity index (χ2v) is 5.37. The predicted octanol–water partition coefficient (Wildman–Crippen LogP) is 1.93. The Kier molecular flexibility index (Phi) is 5.61. The van der Waals surface area contributed by atoms with E-state index in [1.807, 2.05) is 19.2 Å². The summed E-state index contributed by atoms with van der Waals surface area (Å²) in [6, 6.07) is 8.53. The molecule has 1 fully saturated rings. The average Bonchev–Trinajstić information content (AvgIpc) is 3.01. The Balaban J connectivity index is 2.18. The molecule has 0 aliphatic carbocycles. The Hall–Kier alpha value is -1.33. The number of hydrogen-bond donors (Lipinski definition) is 2. The van der Waals surface area contributed by atoms with Crippen LogP contribution in [0.1, 0.15) is 24.4 Å². The smallest absolute Gasteiger partial charge is 0.166 e. The predicted molar refractivity (Wildman–Crippen MR) is 86.2 cm³/mol. The van der Waals surface area contributed by atoms with Crippen molar-refractivity contribution in [3.05, 3.63) is 29.8 Å². The van der Waals surface area contributed by atoms with Crippen molar-refractivity contribution in [1.29, 1.82) is 0 Å². The fourth-order valence-corrected chi connectivity index (χ4v) is 2.79. The number of nitrogens with one attached hydrogen (secondary N) is 2. The Morgan fingerprint density at radius 2 is 2.05 bits per heavy atom. The number of methoxy groups -OCH3 is 1. The molecule has 0 radical (unpaired) electrons. The number of nitrogens with zero attached hydrogens (tertiary/aromatic N) is 1. The standard InChI is InChI=1S/C15H23N3OS/c1-16-15(20)17-11-13(18-9-5-6-10-18)12-7-3-4-8-14(12)19-2/h3-4,7-8,13H,5-6,9-11H2,1-2H3,(H2,16,17,20). The minimum atomic E-state index is 0.292. The van der Waals surface area contributed by atoms with E-state index in [0.717, 1.165) is 25.4 Å². The molecule has 0 amide bonds. The summed E-state index contributed by atoms with van der Waals surface area (Å²) in [5.41, 5.74) is 1.23. The third-order valence-electron chi connectivity index (χ3n) is 3.76. The quantitative estimate of drug-likeness (QED) is 0.811. The van der Waals surface area contributed by atoms with Crippen molar-refractivity contribution in [3.63, 3.8) is 0 Å². The number of benzene rings is 1. The summed E-state index contributed by atoms with van der Waals surface area (Å²) in [6.07, 6.45) is 2.53. The van der Waals surface area contributed by atoms with Crippen LogP contribution >= 0.6 is 12.2 Å². The van der Waals surface area contributed by atoms with Crippen molar-refractivity contribution in [2.24, 2.45) is 0 Å². The molecule has 4 nitrogen and oxygen atoms in total. The monoisotopic (exact) mass is 293 g/mol. The van der Waals surface area contributed by atoms with Gasteiger partial charge in [-0.15, -0.1) is 0 Å². The maximum absolute atomic E-state index is 5.52. The maximum atomic E-state index is 5.52. The van der Waals surface area contributed by atoms with Crippen molar-refractivity contribution in [2.45, 2.75) is 18.9 Å². The van der Waals surface area contributed by atoms with Gasteiger partial charge in [-0.3, -0.25) is 4.90 Å². The van der Waals surface area contributed by atoms with Crippen molar-refractivity contribution in [3.8, 4) is 5.75 Å². The lowest BCUT2D eigenvalue weighted by molar-refractivity contribution is 0.240. The van der Waals surface area contributed by atoms with E-state index in [1.165, 1.54) is 18.4 Å². The van der Waals surface area contributed by atoms with E-state index >= 15 is 0 Å². The van der Waals surface area contributed by atoms with Gasteiger partial charge < -0.3 is 15.4 Å². The molecule has 110 valence electrons. The SMILES string of the molecule is CNC(=S)NCC(c1ccccc1OC)N1CCCC1. The highest BCUT2D eigenvalue weighted by molar-refractivity contribution is 7.80. The molecule has 2 rings (SSSR count). The lowest BCUT2D eigenvalue weighted by atomic mass is 10.0. The van der Waals surface area contributed by atoms with Crippen LogP contribution in [0.3, 0.4) is 0 Å². The first-order valence-corrected chi connectivity index (χ1v) is 7.49. The average molecular weight is 293 g/mol. The number of thiocarbonyl (C=S) groups is 1. The summed E-state index contributed by atoms with van der Waals surface area (Å²) in [6.45, 7) is 3.06. The van der Waals surface area contributed by atoms with E-state index < -0.39 is 0 Å². The molecule has 2 N–H and O–H groups in total. The van der Waals surface area contributed by atoms with Gasteiger partial charge in [0, 0.05) is 19.2 Å². The number of rotatable bonds is 5. The van der Waals surface area contributed by atoms with Crippen molar-refractivity contribution in [2.75, 3.05) is 33.8 Å². The minimum absolute atomic E-state index is 0.292. The van der Waals surface area contributed by atoms with Crippen molar-refractivity contribution >= 4 is 17.3 Å². The van der Waals surface area contributed by atoms with Gasteiger partial charge in [-0.25, -0.2) is 0 Å². The lowest BCUT2D eigenvalue weighted by Gasteiger charge is -2.29. The number of likely N-dealkylation sites (tertiary alicyclic amines) is 1. The van der Waals surface area contributed by atoms with E-state index in [-0.39, 0.29) is 0 Å². The summed E-state index contributed by atoms with van der Waals surface area (Å²) in [5.74, 6) is 0.946. The molecule has 1 aromatic rings. The van der Waals surface area contributed by atoms with Crippen LogP contribution in [0, 0.1) is 0 Å². The van der Waals surface area contributed by atoms with Crippen LogP contribution in [0.25, 0.3) is 0 Å². The molecule has 1 aliphatic rings. The normalized spacial score (nSPS) is 16.7. The fraction of sp³-hybridized carbons (Fsp3) is 0.533. The van der Waals surface area contributed by atoms with Gasteiger partial charge in [0.2, 0.25) is 0 Å². The second-order valence-electron chi connectivity index (χ2n) is 4.96. The Morgan fingerprint density at radius 1 is 1.35 bits per heavy atom. The molecule has 1 unspecified atom stereocenters. The van der Waals surface area contributed by atoms with E-state index in [9.17, 15) is 0 Å². The number of hydrogen-bond acceptors (Lipinski definition) is 3. The van der Waals surface area contributed by atoms with Gasteiger partial charge in [0.15, 0.2) is 5.11 Å². The molecule has 1 aliphatic heterocycles. The highest BCUT2D eigenvalue weighted by Gasteiger charge is 2.25. The first-order chi connectivity index (χ1) is 9.76. The zero-order chi connectivity index (χ0) is 14.4. The van der Waals surface area contributed by atoms with Gasteiger partial charge in [-0.2, -0.15) is 0 Å². The summed E-state index contributed by atoms with van der Waals surface area (Å²) in [4.78, 5) is 2.50. The molecular weight excluding hydrogens is 270 g/mol. The topological polar surface area (TPSA) is 36.5 Å². The molecule has 0 saturated carbocycles. The summed E-state index contributed by atoms with van der Waals surface area (Å²) in [5, 5.41) is 6.93. The highest BCUT2D eigenvalue weighted by atomic mass is 32.1. The van der Waals surface area contributed by atoms with Gasteiger partial charge in [-0.1, -0.05) is 18.2 Å². The Morgan fingerprint density at radius 3 is 2.70 bits per heavy atom. The third-order valence-corrected chi connectivity index (χ3v) is 4.11. The maximum Gasteiger partial charge on any atom is 0.166 e. The molecular formula is C15H23N3OS. The fourth-order valence-electron chi connectivity index (χ4n) is 2.71. The Bertz CT molecular complexity index is 446. The first kappa shape index (κ1) is 15.1. The molecule has 0 aromatic heterocycles. The van der Waals surface area contributed by atoms with E-state index in [0.29, 0.717) is 11.2 Å². The molecule has 20 heavy (non-hydrogen) atoms. The van der Waals surface area contributed by atoms with Gasteiger partial charge >= 0.3 is 0 Å². The molecule has 0 bridgehead atoms. The molecule has 1 atom stereocenters. The molecule has 1 heterocycles. The van der Waals surface area contributed by atoms with Gasteiger partial charge in [0.1, 0.15) is 5.75 Å². The van der Waals surface area contributed by atoms with E-state index in [1.54, 1.807) is 7.11 Å². The molecule has 1 saturated heterocycles. The molecule has 5 heteroatoms. The van der Waals surface area contributed by atoms with Crippen molar-refractivity contribution in [1.82, 2.24) is 15.5 Å². The van der Waals surface area contributed by atoms with Crippen LogP contribution in [0.15, 0.2) is 24.3 Å². The molecule has 0 spiro atoms. The zero-order valence-corrected chi connectivity index (χ0v) is 13.0.